The molecule has 2 rings (SSSR count). The summed E-state index contributed by atoms with van der Waals surface area (Å²) in [5.74, 6) is 0.878. The topological polar surface area (TPSA) is 53.7 Å². The lowest BCUT2D eigenvalue weighted by Crippen LogP contribution is -2.37. The number of fused-ring (bicyclic) bond motifs is 1. The smallest absolute Gasteiger partial charge is 0.241 e. The maximum Gasteiger partial charge on any atom is 0.241 e. The molecule has 0 atom stereocenters. The molecule has 0 saturated heterocycles. The number of rotatable bonds is 5. The maximum atomic E-state index is 12.0. The van der Waals surface area contributed by atoms with Crippen LogP contribution in [0.1, 0.15) is 19.0 Å². The quantitative estimate of drug-likeness (QED) is 0.826. The van der Waals surface area contributed by atoms with Gasteiger partial charge in [-0.3, -0.25) is 4.79 Å². The molecule has 6 heteroatoms. The Morgan fingerprint density at radius 3 is 2.80 bits per heavy atom. The molecular formula is C14H21N5O. The Hall–Kier alpha value is -2.11. The number of hydrogen-bond acceptors (Lipinski definition) is 4. The van der Waals surface area contributed by atoms with Gasteiger partial charge in [-0.05, 0) is 19.4 Å². The minimum atomic E-state index is 0.0680. The van der Waals surface area contributed by atoms with E-state index in [2.05, 4.69) is 17.0 Å². The second-order valence-electron chi connectivity index (χ2n) is 5.08. The minimum Gasteiger partial charge on any atom is -0.347 e. The molecule has 20 heavy (non-hydrogen) atoms. The van der Waals surface area contributed by atoms with E-state index in [1.807, 2.05) is 24.1 Å². The van der Waals surface area contributed by atoms with E-state index in [-0.39, 0.29) is 5.91 Å². The Bertz CT molecular complexity index is 605. The summed E-state index contributed by atoms with van der Waals surface area (Å²) in [6.07, 6.45) is 4.50. The van der Waals surface area contributed by atoms with Gasteiger partial charge in [-0.15, -0.1) is 0 Å². The summed E-state index contributed by atoms with van der Waals surface area (Å²) in [5.41, 5.74) is 1.87. The predicted molar refractivity (Wildman–Crippen MR) is 78.9 cm³/mol. The molecule has 1 amide bonds. The number of hydrogen-bond donors (Lipinski definition) is 0. The van der Waals surface area contributed by atoms with Crippen LogP contribution < -0.4 is 4.90 Å². The van der Waals surface area contributed by atoms with Crippen LogP contribution in [0.2, 0.25) is 0 Å². The van der Waals surface area contributed by atoms with Gasteiger partial charge in [0.25, 0.3) is 0 Å². The molecule has 0 N–H and O–H groups in total. The first-order chi connectivity index (χ1) is 9.52. The fourth-order valence-electron chi connectivity index (χ4n) is 2.11. The largest absolute Gasteiger partial charge is 0.347 e. The highest BCUT2D eigenvalue weighted by Gasteiger charge is 2.16. The molecule has 0 aliphatic heterocycles. The van der Waals surface area contributed by atoms with E-state index in [1.54, 1.807) is 29.7 Å². The van der Waals surface area contributed by atoms with Crippen molar-refractivity contribution in [2.45, 2.75) is 20.3 Å². The number of nitrogens with zero attached hydrogens (tertiary/aromatic N) is 5. The monoisotopic (exact) mass is 275 g/mol. The van der Waals surface area contributed by atoms with Crippen LogP contribution in [-0.4, -0.2) is 52.6 Å². The van der Waals surface area contributed by atoms with Crippen molar-refractivity contribution in [3.05, 3.63) is 24.2 Å². The van der Waals surface area contributed by atoms with Crippen molar-refractivity contribution in [3.63, 3.8) is 0 Å². The Morgan fingerprint density at radius 2 is 2.15 bits per heavy atom. The van der Waals surface area contributed by atoms with Gasteiger partial charge in [0.15, 0.2) is 5.82 Å². The highest BCUT2D eigenvalue weighted by Crippen LogP contribution is 2.19. The summed E-state index contributed by atoms with van der Waals surface area (Å²) in [7, 11) is 3.53. The van der Waals surface area contributed by atoms with E-state index in [9.17, 15) is 4.79 Å². The molecule has 2 heterocycles. The van der Waals surface area contributed by atoms with Gasteiger partial charge in [0.2, 0.25) is 5.91 Å². The minimum absolute atomic E-state index is 0.0680. The van der Waals surface area contributed by atoms with Crippen molar-refractivity contribution >= 4 is 17.2 Å². The number of carbonyl (C=O) groups is 1. The molecule has 0 aliphatic carbocycles. The maximum absolute atomic E-state index is 12.0. The molecule has 2 aromatic rings. The fraction of sp³-hybridized carbons (Fsp3) is 0.500. The van der Waals surface area contributed by atoms with E-state index in [1.165, 1.54) is 0 Å². The van der Waals surface area contributed by atoms with Gasteiger partial charge in [-0.1, -0.05) is 6.92 Å². The molecule has 0 aromatic carbocycles. The van der Waals surface area contributed by atoms with Gasteiger partial charge in [0.05, 0.1) is 12.2 Å². The highest BCUT2D eigenvalue weighted by atomic mass is 16.2. The molecule has 0 radical (unpaired) electrons. The second-order valence-corrected chi connectivity index (χ2v) is 5.08. The second kappa shape index (κ2) is 5.90. The standard InChI is InChI=1S/C14H21N5O/c1-5-7-18(10-13(20)17(3)4)14-12-9-11(2)16-19(12)8-6-15-14/h6,8-9H,5,7,10H2,1-4H3. The number of anilines is 1. The summed E-state index contributed by atoms with van der Waals surface area (Å²) < 4.78 is 1.81. The van der Waals surface area contributed by atoms with Crippen molar-refractivity contribution in [3.8, 4) is 0 Å². The predicted octanol–water partition coefficient (Wildman–Crippen LogP) is 1.34. The van der Waals surface area contributed by atoms with E-state index in [4.69, 9.17) is 0 Å². The van der Waals surface area contributed by atoms with Gasteiger partial charge < -0.3 is 9.80 Å². The molecule has 0 aliphatic rings. The zero-order chi connectivity index (χ0) is 14.7. The van der Waals surface area contributed by atoms with E-state index < -0.39 is 0 Å². The van der Waals surface area contributed by atoms with E-state index >= 15 is 0 Å². The van der Waals surface area contributed by atoms with Crippen molar-refractivity contribution in [1.82, 2.24) is 19.5 Å². The molecule has 108 valence electrons. The molecule has 0 unspecified atom stereocenters. The van der Waals surface area contributed by atoms with Crippen LogP contribution >= 0.6 is 0 Å². The van der Waals surface area contributed by atoms with Crippen LogP contribution in [0.4, 0.5) is 5.82 Å². The molecule has 0 spiro atoms. The third-order valence-electron chi connectivity index (χ3n) is 3.11. The summed E-state index contributed by atoms with van der Waals surface area (Å²) in [5, 5.41) is 4.39. The van der Waals surface area contributed by atoms with E-state index in [0.717, 1.165) is 30.0 Å². The van der Waals surface area contributed by atoms with Crippen molar-refractivity contribution in [1.29, 1.82) is 0 Å². The van der Waals surface area contributed by atoms with Gasteiger partial charge in [-0.25, -0.2) is 9.50 Å². The first-order valence-corrected chi connectivity index (χ1v) is 6.79. The Labute approximate surface area is 119 Å². The zero-order valence-corrected chi connectivity index (χ0v) is 12.5. The Morgan fingerprint density at radius 1 is 1.40 bits per heavy atom. The molecule has 2 aromatic heterocycles. The van der Waals surface area contributed by atoms with Gasteiger partial charge in [-0.2, -0.15) is 5.10 Å². The van der Waals surface area contributed by atoms with Crippen LogP contribution in [0.3, 0.4) is 0 Å². The number of carbonyl (C=O) groups excluding carboxylic acids is 1. The van der Waals surface area contributed by atoms with Crippen molar-refractivity contribution in [2.24, 2.45) is 0 Å². The Kier molecular flexibility index (Phi) is 4.22. The lowest BCUT2D eigenvalue weighted by Gasteiger charge is -2.24. The third-order valence-corrected chi connectivity index (χ3v) is 3.11. The SMILES string of the molecule is CCCN(CC(=O)N(C)C)c1nccn2nc(C)cc12. The highest BCUT2D eigenvalue weighted by molar-refractivity contribution is 5.82. The average Bonchev–Trinajstić information content (AvgIpc) is 2.77. The summed E-state index contributed by atoms with van der Waals surface area (Å²) >= 11 is 0. The molecule has 0 fully saturated rings. The number of aryl methyl sites for hydroxylation is 1. The third kappa shape index (κ3) is 2.89. The molecule has 0 saturated carbocycles. The lowest BCUT2D eigenvalue weighted by atomic mass is 10.3. The normalized spacial score (nSPS) is 10.8. The summed E-state index contributed by atoms with van der Waals surface area (Å²) in [4.78, 5) is 20.0. The lowest BCUT2D eigenvalue weighted by molar-refractivity contribution is -0.127. The molecule has 0 bridgehead atoms. The zero-order valence-electron chi connectivity index (χ0n) is 12.5. The summed E-state index contributed by atoms with van der Waals surface area (Å²) in [6, 6.07) is 1.99. The van der Waals surface area contributed by atoms with Gasteiger partial charge in [0, 0.05) is 33.0 Å². The number of likely N-dealkylation sites (N-methyl/N-ethyl adjacent to an activating group) is 1. The van der Waals surface area contributed by atoms with Crippen LogP contribution in [-0.2, 0) is 4.79 Å². The molecular weight excluding hydrogens is 254 g/mol. The van der Waals surface area contributed by atoms with Crippen LogP contribution in [0, 0.1) is 6.92 Å². The summed E-state index contributed by atoms with van der Waals surface area (Å²) in [6.45, 7) is 5.16. The average molecular weight is 275 g/mol. The van der Waals surface area contributed by atoms with Crippen molar-refractivity contribution in [2.75, 3.05) is 32.1 Å². The van der Waals surface area contributed by atoms with Gasteiger partial charge >= 0.3 is 0 Å². The Balaban J connectivity index is 2.38. The number of aromatic nitrogens is 3. The molecule has 6 nitrogen and oxygen atoms in total. The number of amides is 1. The van der Waals surface area contributed by atoms with Crippen LogP contribution in [0.5, 0.6) is 0 Å². The van der Waals surface area contributed by atoms with Crippen LogP contribution in [0.25, 0.3) is 5.52 Å². The van der Waals surface area contributed by atoms with Crippen molar-refractivity contribution < 1.29 is 4.79 Å². The van der Waals surface area contributed by atoms with E-state index in [0.29, 0.717) is 6.54 Å². The van der Waals surface area contributed by atoms with Gasteiger partial charge in [0.1, 0.15) is 5.52 Å². The van der Waals surface area contributed by atoms with Crippen LogP contribution in [0.15, 0.2) is 18.5 Å². The first kappa shape index (κ1) is 14.3. The fourth-order valence-corrected chi connectivity index (χ4v) is 2.11. The first-order valence-electron chi connectivity index (χ1n) is 6.79.